The van der Waals surface area contributed by atoms with Gasteiger partial charge >= 0.3 is 0 Å². The smallest absolute Gasteiger partial charge is 0.282 e. The van der Waals surface area contributed by atoms with Crippen molar-refractivity contribution >= 4 is 34.0 Å². The van der Waals surface area contributed by atoms with Crippen LogP contribution >= 0.6 is 22.6 Å². The summed E-state index contributed by atoms with van der Waals surface area (Å²) in [6.07, 6.45) is 0. The van der Waals surface area contributed by atoms with Crippen LogP contribution in [0.5, 0.6) is 0 Å². The second-order valence-electron chi connectivity index (χ2n) is 5.12. The lowest BCUT2D eigenvalue weighted by Crippen LogP contribution is -2.36. The number of nitro groups is 1. The molecular weight excluding hydrogens is 345 g/mol. The molecule has 5 nitrogen and oxygen atoms in total. The van der Waals surface area contributed by atoms with Crippen molar-refractivity contribution in [3.8, 4) is 0 Å². The van der Waals surface area contributed by atoms with Gasteiger partial charge in [0.15, 0.2) is 0 Å². The molecule has 0 heterocycles. The number of rotatable bonds is 5. The molecule has 0 radical (unpaired) electrons. The molecule has 6 heteroatoms. The third kappa shape index (κ3) is 3.81. The SMILES string of the molecule is CN(CC(C)(C)CN)c1ccc([N+](=O)[O-])c(I)c1. The van der Waals surface area contributed by atoms with Crippen LogP contribution in [-0.2, 0) is 0 Å². The van der Waals surface area contributed by atoms with E-state index in [2.05, 4.69) is 18.7 Å². The number of hydrogen-bond acceptors (Lipinski definition) is 4. The summed E-state index contributed by atoms with van der Waals surface area (Å²) < 4.78 is 0.646. The molecule has 0 aliphatic heterocycles. The maximum atomic E-state index is 10.7. The molecule has 0 aliphatic carbocycles. The minimum absolute atomic E-state index is 0.0158. The predicted molar refractivity (Wildman–Crippen MR) is 81.9 cm³/mol. The fourth-order valence-corrected chi connectivity index (χ4v) is 2.37. The second kappa shape index (κ2) is 5.83. The van der Waals surface area contributed by atoms with Crippen LogP contribution in [0.4, 0.5) is 11.4 Å². The lowest BCUT2D eigenvalue weighted by molar-refractivity contribution is -0.385. The minimum Gasteiger partial charge on any atom is -0.374 e. The number of nitro benzene ring substituents is 1. The van der Waals surface area contributed by atoms with Gasteiger partial charge in [-0.15, -0.1) is 0 Å². The van der Waals surface area contributed by atoms with Crippen LogP contribution in [0.25, 0.3) is 0 Å². The lowest BCUT2D eigenvalue weighted by atomic mass is 9.93. The van der Waals surface area contributed by atoms with Gasteiger partial charge in [-0.3, -0.25) is 10.1 Å². The van der Waals surface area contributed by atoms with Crippen molar-refractivity contribution in [1.82, 2.24) is 0 Å². The highest BCUT2D eigenvalue weighted by molar-refractivity contribution is 14.1. The lowest BCUT2D eigenvalue weighted by Gasteiger charge is -2.30. The van der Waals surface area contributed by atoms with Gasteiger partial charge in [-0.05, 0) is 46.7 Å². The molecular formula is C12H18IN3O2. The van der Waals surface area contributed by atoms with Crippen LogP contribution in [-0.4, -0.2) is 25.1 Å². The summed E-state index contributed by atoms with van der Waals surface area (Å²) in [5.74, 6) is 0. The van der Waals surface area contributed by atoms with Gasteiger partial charge in [-0.2, -0.15) is 0 Å². The molecule has 0 saturated heterocycles. The Balaban J connectivity index is 2.91. The third-order valence-corrected chi connectivity index (χ3v) is 3.65. The molecule has 0 bridgehead atoms. The molecule has 0 saturated carbocycles. The highest BCUT2D eigenvalue weighted by Gasteiger charge is 2.19. The largest absolute Gasteiger partial charge is 0.374 e. The fraction of sp³-hybridized carbons (Fsp3) is 0.500. The maximum absolute atomic E-state index is 10.7. The summed E-state index contributed by atoms with van der Waals surface area (Å²) in [5, 5.41) is 10.7. The number of nitrogens with two attached hydrogens (primary N) is 1. The van der Waals surface area contributed by atoms with Gasteiger partial charge < -0.3 is 10.6 Å². The molecule has 18 heavy (non-hydrogen) atoms. The van der Waals surface area contributed by atoms with E-state index in [1.807, 2.05) is 35.7 Å². The van der Waals surface area contributed by atoms with Crippen molar-refractivity contribution < 1.29 is 4.92 Å². The Bertz CT molecular complexity index is 449. The zero-order chi connectivity index (χ0) is 13.9. The van der Waals surface area contributed by atoms with E-state index in [-0.39, 0.29) is 16.0 Å². The molecule has 0 unspecified atom stereocenters. The molecule has 1 rings (SSSR count). The van der Waals surface area contributed by atoms with Crippen LogP contribution < -0.4 is 10.6 Å². The summed E-state index contributed by atoms with van der Waals surface area (Å²) in [7, 11) is 1.97. The van der Waals surface area contributed by atoms with E-state index < -0.39 is 0 Å². The van der Waals surface area contributed by atoms with E-state index >= 15 is 0 Å². The number of hydrogen-bond donors (Lipinski definition) is 1. The van der Waals surface area contributed by atoms with Crippen molar-refractivity contribution in [2.45, 2.75) is 13.8 Å². The first kappa shape index (κ1) is 15.2. The Morgan fingerprint density at radius 2 is 2.11 bits per heavy atom. The summed E-state index contributed by atoms with van der Waals surface area (Å²) in [6, 6.07) is 5.14. The molecule has 0 aromatic heterocycles. The summed E-state index contributed by atoms with van der Waals surface area (Å²) in [6.45, 7) is 5.60. The summed E-state index contributed by atoms with van der Waals surface area (Å²) in [5.41, 5.74) is 6.83. The van der Waals surface area contributed by atoms with Crippen LogP contribution in [0.3, 0.4) is 0 Å². The van der Waals surface area contributed by atoms with E-state index in [4.69, 9.17) is 5.73 Å². The molecule has 0 atom stereocenters. The van der Waals surface area contributed by atoms with Crippen LogP contribution in [0.15, 0.2) is 18.2 Å². The summed E-state index contributed by atoms with van der Waals surface area (Å²) in [4.78, 5) is 12.5. The molecule has 1 aromatic carbocycles. The first-order valence-electron chi connectivity index (χ1n) is 5.62. The zero-order valence-electron chi connectivity index (χ0n) is 10.8. The van der Waals surface area contributed by atoms with Crippen molar-refractivity contribution in [1.29, 1.82) is 0 Å². The first-order valence-corrected chi connectivity index (χ1v) is 6.70. The second-order valence-corrected chi connectivity index (χ2v) is 6.28. The standard InChI is InChI=1S/C12H18IN3O2/c1-12(2,7-14)8-15(3)9-4-5-11(16(17)18)10(13)6-9/h4-6H,7-8,14H2,1-3H3. The van der Waals surface area contributed by atoms with Crippen molar-refractivity contribution in [3.63, 3.8) is 0 Å². The molecule has 100 valence electrons. The third-order valence-electron chi connectivity index (χ3n) is 2.79. The Labute approximate surface area is 121 Å². The van der Waals surface area contributed by atoms with Gasteiger partial charge in [-0.1, -0.05) is 13.8 Å². The van der Waals surface area contributed by atoms with Gasteiger partial charge in [0.05, 0.1) is 8.49 Å². The highest BCUT2D eigenvalue weighted by Crippen LogP contribution is 2.27. The van der Waals surface area contributed by atoms with Crippen molar-refractivity contribution in [2.24, 2.45) is 11.1 Å². The topological polar surface area (TPSA) is 72.4 Å². The van der Waals surface area contributed by atoms with Gasteiger partial charge in [0, 0.05) is 25.3 Å². The van der Waals surface area contributed by atoms with Crippen molar-refractivity contribution in [3.05, 3.63) is 31.9 Å². The van der Waals surface area contributed by atoms with E-state index in [9.17, 15) is 10.1 Å². The minimum atomic E-state index is -0.366. The normalized spacial score (nSPS) is 11.4. The molecule has 1 aromatic rings. The first-order chi connectivity index (χ1) is 8.26. The zero-order valence-corrected chi connectivity index (χ0v) is 13.0. The molecule has 0 fully saturated rings. The molecule has 2 N–H and O–H groups in total. The van der Waals surface area contributed by atoms with E-state index in [0.29, 0.717) is 10.1 Å². The Kier molecular flexibility index (Phi) is 4.92. The molecule has 0 spiro atoms. The average Bonchev–Trinajstić information content (AvgIpc) is 2.27. The highest BCUT2D eigenvalue weighted by atomic mass is 127. The monoisotopic (exact) mass is 363 g/mol. The Hall–Kier alpha value is -0.890. The molecule has 0 aliphatic rings. The Morgan fingerprint density at radius 1 is 1.50 bits per heavy atom. The number of anilines is 1. The van der Waals surface area contributed by atoms with Gasteiger partial charge in [0.2, 0.25) is 0 Å². The Morgan fingerprint density at radius 3 is 2.56 bits per heavy atom. The van der Waals surface area contributed by atoms with Crippen LogP contribution in [0.1, 0.15) is 13.8 Å². The van der Waals surface area contributed by atoms with Gasteiger partial charge in [0.25, 0.3) is 5.69 Å². The maximum Gasteiger partial charge on any atom is 0.282 e. The quantitative estimate of drug-likeness (QED) is 0.496. The molecule has 0 amide bonds. The van der Waals surface area contributed by atoms with Gasteiger partial charge in [0.1, 0.15) is 0 Å². The number of benzene rings is 1. The fourth-order valence-electron chi connectivity index (χ4n) is 1.68. The number of nitrogens with zero attached hydrogens (tertiary/aromatic N) is 2. The number of halogens is 1. The van der Waals surface area contributed by atoms with E-state index in [0.717, 1.165) is 12.2 Å². The van der Waals surface area contributed by atoms with Crippen molar-refractivity contribution in [2.75, 3.05) is 25.0 Å². The van der Waals surface area contributed by atoms with E-state index in [1.165, 1.54) is 0 Å². The summed E-state index contributed by atoms with van der Waals surface area (Å²) >= 11 is 1.99. The predicted octanol–water partition coefficient (Wildman–Crippen LogP) is 2.62. The van der Waals surface area contributed by atoms with E-state index in [1.54, 1.807) is 12.1 Å². The van der Waals surface area contributed by atoms with Crippen LogP contribution in [0, 0.1) is 19.1 Å². The average molecular weight is 363 g/mol. The van der Waals surface area contributed by atoms with Gasteiger partial charge in [-0.25, -0.2) is 0 Å². The van der Waals surface area contributed by atoms with Crippen LogP contribution in [0.2, 0.25) is 0 Å².